The van der Waals surface area contributed by atoms with E-state index in [1.807, 2.05) is 19.1 Å². The molecule has 1 heterocycles. The quantitative estimate of drug-likeness (QED) is 0.314. The zero-order valence-corrected chi connectivity index (χ0v) is 19.9. The summed E-state index contributed by atoms with van der Waals surface area (Å²) in [4.78, 5) is 7.11. The van der Waals surface area contributed by atoms with Crippen molar-refractivity contribution in [3.05, 3.63) is 71.0 Å². The molecule has 1 fully saturated rings. The zero-order chi connectivity index (χ0) is 20.3. The van der Waals surface area contributed by atoms with Gasteiger partial charge in [0.2, 0.25) is 0 Å². The fourth-order valence-electron chi connectivity index (χ4n) is 3.37. The molecule has 1 aliphatic rings. The van der Waals surface area contributed by atoms with Crippen molar-refractivity contribution in [3.8, 4) is 0 Å². The molecule has 0 spiro atoms. The lowest BCUT2D eigenvalue weighted by Crippen LogP contribution is -2.38. The van der Waals surface area contributed by atoms with Gasteiger partial charge in [-0.05, 0) is 36.1 Å². The minimum Gasteiger partial charge on any atom is -0.379 e. The van der Waals surface area contributed by atoms with E-state index in [4.69, 9.17) is 9.73 Å². The van der Waals surface area contributed by atoms with Gasteiger partial charge in [0.05, 0.1) is 19.8 Å². The molecule has 0 aliphatic carbocycles. The Morgan fingerprint density at radius 2 is 1.83 bits per heavy atom. The Morgan fingerprint density at radius 3 is 2.60 bits per heavy atom. The lowest BCUT2D eigenvalue weighted by Gasteiger charge is -2.26. The number of rotatable bonds is 8. The van der Waals surface area contributed by atoms with Crippen LogP contribution in [0.25, 0.3) is 0 Å². The third kappa shape index (κ3) is 8.20. The van der Waals surface area contributed by atoms with Crippen LogP contribution in [0.15, 0.2) is 53.5 Å². The molecular formula is C23H32FIN4O. The molecule has 1 aliphatic heterocycles. The van der Waals surface area contributed by atoms with Crippen molar-refractivity contribution in [2.75, 3.05) is 39.4 Å². The Hall–Kier alpha value is -1.71. The molecule has 0 radical (unpaired) electrons. The highest BCUT2D eigenvalue weighted by Crippen LogP contribution is 2.11. The average molecular weight is 526 g/mol. The number of hydrogen-bond acceptors (Lipinski definition) is 3. The third-order valence-corrected chi connectivity index (χ3v) is 4.91. The molecular weight excluding hydrogens is 494 g/mol. The lowest BCUT2D eigenvalue weighted by molar-refractivity contribution is 0.0342. The minimum atomic E-state index is -0.159. The topological polar surface area (TPSA) is 48.9 Å². The molecule has 1 saturated heterocycles. The van der Waals surface area contributed by atoms with Crippen molar-refractivity contribution in [1.29, 1.82) is 0 Å². The first kappa shape index (κ1) is 24.6. The molecule has 0 saturated carbocycles. The fourth-order valence-corrected chi connectivity index (χ4v) is 3.37. The minimum absolute atomic E-state index is 0. The third-order valence-electron chi connectivity index (χ3n) is 4.91. The van der Waals surface area contributed by atoms with Gasteiger partial charge in [-0.25, -0.2) is 9.38 Å². The van der Waals surface area contributed by atoms with Crippen LogP contribution in [-0.4, -0.2) is 50.3 Å². The number of ether oxygens (including phenoxy) is 1. The Morgan fingerprint density at radius 1 is 1.07 bits per heavy atom. The monoisotopic (exact) mass is 526 g/mol. The number of hydrogen-bond donors (Lipinski definition) is 2. The molecule has 2 aromatic carbocycles. The highest BCUT2D eigenvalue weighted by atomic mass is 127. The summed E-state index contributed by atoms with van der Waals surface area (Å²) in [6.45, 7) is 8.60. The van der Waals surface area contributed by atoms with Gasteiger partial charge in [-0.15, -0.1) is 24.0 Å². The maximum atomic E-state index is 13.8. The van der Waals surface area contributed by atoms with E-state index in [1.165, 1.54) is 17.2 Å². The number of nitrogens with zero attached hydrogens (tertiary/aromatic N) is 2. The van der Waals surface area contributed by atoms with E-state index in [0.717, 1.165) is 45.4 Å². The van der Waals surface area contributed by atoms with Crippen LogP contribution in [0.4, 0.5) is 4.39 Å². The molecule has 0 unspecified atom stereocenters. The Balaban J connectivity index is 0.00000320. The molecule has 2 N–H and O–H groups in total. The molecule has 3 rings (SSSR count). The van der Waals surface area contributed by atoms with E-state index in [9.17, 15) is 4.39 Å². The second kappa shape index (κ2) is 13.6. The van der Waals surface area contributed by atoms with Crippen molar-refractivity contribution >= 4 is 29.9 Å². The summed E-state index contributed by atoms with van der Waals surface area (Å²) in [5, 5.41) is 6.55. The molecule has 0 bridgehead atoms. The Bertz CT molecular complexity index is 796. The highest BCUT2D eigenvalue weighted by Gasteiger charge is 2.10. The van der Waals surface area contributed by atoms with Gasteiger partial charge in [-0.1, -0.05) is 42.5 Å². The smallest absolute Gasteiger partial charge is 0.191 e. The molecule has 2 aromatic rings. The number of morpholine rings is 1. The normalized spacial score (nSPS) is 14.8. The van der Waals surface area contributed by atoms with E-state index in [0.29, 0.717) is 25.1 Å². The molecule has 30 heavy (non-hydrogen) atoms. The van der Waals surface area contributed by atoms with Crippen LogP contribution < -0.4 is 10.6 Å². The zero-order valence-electron chi connectivity index (χ0n) is 17.6. The van der Waals surface area contributed by atoms with Crippen LogP contribution in [0.5, 0.6) is 0 Å². The maximum absolute atomic E-state index is 13.8. The molecule has 7 heteroatoms. The van der Waals surface area contributed by atoms with Crippen molar-refractivity contribution in [2.45, 2.75) is 26.4 Å². The lowest BCUT2D eigenvalue weighted by atomic mass is 10.1. The van der Waals surface area contributed by atoms with Crippen molar-refractivity contribution < 1.29 is 9.13 Å². The van der Waals surface area contributed by atoms with Gasteiger partial charge in [-0.3, -0.25) is 4.90 Å². The highest BCUT2D eigenvalue weighted by molar-refractivity contribution is 14.0. The maximum Gasteiger partial charge on any atom is 0.191 e. The van der Waals surface area contributed by atoms with Crippen LogP contribution in [0.2, 0.25) is 0 Å². The van der Waals surface area contributed by atoms with Gasteiger partial charge in [0.25, 0.3) is 0 Å². The van der Waals surface area contributed by atoms with Crippen molar-refractivity contribution in [1.82, 2.24) is 15.5 Å². The molecule has 164 valence electrons. The van der Waals surface area contributed by atoms with Crippen LogP contribution >= 0.6 is 24.0 Å². The first-order valence-electron chi connectivity index (χ1n) is 10.4. The van der Waals surface area contributed by atoms with Crippen LogP contribution in [0.1, 0.15) is 23.6 Å². The van der Waals surface area contributed by atoms with E-state index >= 15 is 0 Å². The van der Waals surface area contributed by atoms with Gasteiger partial charge in [0.1, 0.15) is 5.82 Å². The molecule has 0 aromatic heterocycles. The number of benzene rings is 2. The summed E-state index contributed by atoms with van der Waals surface area (Å²) < 4.78 is 19.2. The van der Waals surface area contributed by atoms with Gasteiger partial charge in [-0.2, -0.15) is 0 Å². The average Bonchev–Trinajstić information content (AvgIpc) is 2.74. The number of halogens is 2. The molecule has 5 nitrogen and oxygen atoms in total. The number of aliphatic imine (C=N–C) groups is 1. The van der Waals surface area contributed by atoms with E-state index in [1.54, 1.807) is 6.07 Å². The summed E-state index contributed by atoms with van der Waals surface area (Å²) in [7, 11) is 0. The van der Waals surface area contributed by atoms with Crippen molar-refractivity contribution in [3.63, 3.8) is 0 Å². The molecule has 0 amide bonds. The van der Waals surface area contributed by atoms with Gasteiger partial charge < -0.3 is 15.4 Å². The summed E-state index contributed by atoms with van der Waals surface area (Å²) in [5.74, 6) is 0.593. The summed E-state index contributed by atoms with van der Waals surface area (Å²) in [6.07, 6.45) is 0.617. The summed E-state index contributed by atoms with van der Waals surface area (Å²) in [5.41, 5.74) is 3.20. The van der Waals surface area contributed by atoms with Crippen LogP contribution in [0, 0.1) is 5.82 Å². The van der Waals surface area contributed by atoms with E-state index in [-0.39, 0.29) is 29.8 Å². The Labute approximate surface area is 196 Å². The number of guanidine groups is 1. The second-order valence-corrected chi connectivity index (χ2v) is 7.17. The standard InChI is InChI=1S/C23H31FN4O.HI/c1-2-25-23(26-11-10-21-8-3-4-9-22(21)24)27-17-19-6-5-7-20(16-19)18-28-12-14-29-15-13-28;/h3-9,16H,2,10-15,17-18H2,1H3,(H2,25,26,27);1H. The van der Waals surface area contributed by atoms with Gasteiger partial charge >= 0.3 is 0 Å². The van der Waals surface area contributed by atoms with E-state index in [2.05, 4.69) is 39.8 Å². The predicted molar refractivity (Wildman–Crippen MR) is 131 cm³/mol. The molecule has 0 atom stereocenters. The largest absolute Gasteiger partial charge is 0.379 e. The number of nitrogens with one attached hydrogen (secondary N) is 2. The first-order valence-corrected chi connectivity index (χ1v) is 10.4. The van der Waals surface area contributed by atoms with Crippen LogP contribution in [0.3, 0.4) is 0 Å². The van der Waals surface area contributed by atoms with Crippen molar-refractivity contribution in [2.24, 2.45) is 4.99 Å². The Kier molecular flexibility index (Phi) is 11.1. The van der Waals surface area contributed by atoms with Gasteiger partial charge in [0, 0.05) is 32.7 Å². The first-order chi connectivity index (χ1) is 14.2. The summed E-state index contributed by atoms with van der Waals surface area (Å²) in [6, 6.07) is 15.5. The SMILES string of the molecule is CCNC(=NCc1cccc(CN2CCOCC2)c1)NCCc1ccccc1F.I. The van der Waals surface area contributed by atoms with Crippen LogP contribution in [-0.2, 0) is 24.2 Å². The van der Waals surface area contributed by atoms with Gasteiger partial charge in [0.15, 0.2) is 5.96 Å². The predicted octanol–water partition coefficient (Wildman–Crippen LogP) is 3.57. The van der Waals surface area contributed by atoms with E-state index < -0.39 is 0 Å². The summed E-state index contributed by atoms with van der Waals surface area (Å²) >= 11 is 0. The fraction of sp³-hybridized carbons (Fsp3) is 0.435. The second-order valence-electron chi connectivity index (χ2n) is 7.17.